The lowest BCUT2D eigenvalue weighted by molar-refractivity contribution is 0.247. The topological polar surface area (TPSA) is 74.6 Å². The minimum absolute atomic E-state index is 0.0786. The number of rotatable bonds is 3. The second kappa shape index (κ2) is 8.17. The van der Waals surface area contributed by atoms with Gasteiger partial charge >= 0.3 is 6.03 Å². The average molecular weight is 453 g/mol. The fourth-order valence-corrected chi connectivity index (χ4v) is 5.41. The summed E-state index contributed by atoms with van der Waals surface area (Å²) in [5.74, 6) is 0.930. The number of allylic oxidation sites excluding steroid dienone is 3. The van der Waals surface area contributed by atoms with Gasteiger partial charge in [-0.05, 0) is 55.0 Å². The normalized spacial score (nSPS) is 21.7. The molecule has 6 rings (SSSR count). The Balaban J connectivity index is 1.47. The number of amides is 2. The molecule has 3 aromatic rings. The number of fused-ring (bicyclic) bond motifs is 3. The zero-order valence-corrected chi connectivity index (χ0v) is 19.3. The quantitative estimate of drug-likeness (QED) is 0.630. The number of urea groups is 1. The van der Waals surface area contributed by atoms with Crippen LogP contribution in [0.15, 0.2) is 49.2 Å². The van der Waals surface area contributed by atoms with Gasteiger partial charge in [-0.2, -0.15) is 5.10 Å². The molecule has 2 aliphatic heterocycles. The van der Waals surface area contributed by atoms with E-state index in [4.69, 9.17) is 10.1 Å². The molecule has 2 atom stereocenters. The molecular weight excluding hydrogens is 424 g/mol. The maximum atomic E-state index is 11.8. The number of nitrogens with zero attached hydrogens (tertiary/aromatic N) is 4. The van der Waals surface area contributed by atoms with Crippen LogP contribution in [0.1, 0.15) is 40.8 Å². The van der Waals surface area contributed by atoms with E-state index in [9.17, 15) is 4.79 Å². The summed E-state index contributed by atoms with van der Waals surface area (Å²) in [6.07, 6.45) is 13.3. The monoisotopic (exact) mass is 452 g/mol. The molecule has 2 unspecified atom stereocenters. The second-order valence-electron chi connectivity index (χ2n) is 9.25. The van der Waals surface area contributed by atoms with Crippen molar-refractivity contribution < 1.29 is 4.79 Å². The molecule has 1 aromatic carbocycles. The number of nitrogens with one attached hydrogen (secondary N) is 2. The number of piperidine rings is 1. The molecule has 0 saturated carbocycles. The van der Waals surface area contributed by atoms with Crippen molar-refractivity contribution in [2.75, 3.05) is 18.0 Å². The van der Waals surface area contributed by atoms with Gasteiger partial charge in [0.15, 0.2) is 5.65 Å². The number of anilines is 1. The van der Waals surface area contributed by atoms with Gasteiger partial charge in [-0.3, -0.25) is 0 Å². The molecular formula is C27H28N6O. The predicted octanol–water partition coefficient (Wildman–Crippen LogP) is 3.98. The number of hydrogen-bond donors (Lipinski definition) is 2. The maximum Gasteiger partial charge on any atom is 0.315 e. The summed E-state index contributed by atoms with van der Waals surface area (Å²) in [5, 5.41) is 10.8. The summed E-state index contributed by atoms with van der Waals surface area (Å²) in [6, 6.07) is 8.76. The van der Waals surface area contributed by atoms with Crippen LogP contribution >= 0.6 is 0 Å². The van der Waals surface area contributed by atoms with Crippen LogP contribution in [-0.4, -0.2) is 45.8 Å². The molecule has 4 heterocycles. The van der Waals surface area contributed by atoms with E-state index < -0.39 is 0 Å². The zero-order valence-electron chi connectivity index (χ0n) is 19.3. The molecule has 1 aliphatic carbocycles. The smallest absolute Gasteiger partial charge is 0.315 e. The van der Waals surface area contributed by atoms with Crippen molar-refractivity contribution >= 4 is 35.2 Å². The summed E-state index contributed by atoms with van der Waals surface area (Å²) >= 11 is 0. The first-order valence-corrected chi connectivity index (χ1v) is 11.9. The highest BCUT2D eigenvalue weighted by atomic mass is 16.2. The van der Waals surface area contributed by atoms with Crippen LogP contribution in [0.3, 0.4) is 0 Å². The van der Waals surface area contributed by atoms with Crippen molar-refractivity contribution in [1.29, 1.82) is 0 Å². The van der Waals surface area contributed by atoms with E-state index in [1.807, 2.05) is 16.8 Å². The van der Waals surface area contributed by atoms with Gasteiger partial charge in [0.1, 0.15) is 5.82 Å². The van der Waals surface area contributed by atoms with Crippen molar-refractivity contribution in [3.63, 3.8) is 0 Å². The van der Waals surface area contributed by atoms with Crippen molar-refractivity contribution in [3.05, 3.63) is 77.1 Å². The molecule has 0 radical (unpaired) electrons. The van der Waals surface area contributed by atoms with Crippen LogP contribution in [0.2, 0.25) is 0 Å². The Morgan fingerprint density at radius 2 is 2.06 bits per heavy atom. The molecule has 3 aliphatic rings. The first kappa shape index (κ1) is 20.7. The van der Waals surface area contributed by atoms with E-state index in [1.165, 1.54) is 11.1 Å². The highest BCUT2D eigenvalue weighted by molar-refractivity contribution is 5.93. The molecule has 2 aromatic heterocycles. The van der Waals surface area contributed by atoms with Gasteiger partial charge in [0, 0.05) is 24.2 Å². The van der Waals surface area contributed by atoms with Crippen molar-refractivity contribution in [1.82, 2.24) is 25.2 Å². The third-order valence-electron chi connectivity index (χ3n) is 7.20. The standard InChI is InChI=1S/C27H28N6O/c1-3-24-17(2)25(32-13-12-22-23(16-32)30-27(34)29-22)31-26-21(15-28-33(24)26)20-11-7-5-9-18-8-4-6-10-19(18)14-20/h3-4,6-8,10-11,14-15,22-23H,1,5,9,12-13,16H2,2H3,(H2,29,30,34). The molecule has 34 heavy (non-hydrogen) atoms. The Kier molecular flexibility index (Phi) is 4.98. The van der Waals surface area contributed by atoms with Gasteiger partial charge in [-0.25, -0.2) is 14.3 Å². The highest BCUT2D eigenvalue weighted by Crippen LogP contribution is 2.32. The minimum Gasteiger partial charge on any atom is -0.354 e. The van der Waals surface area contributed by atoms with Crippen LogP contribution in [0, 0.1) is 6.92 Å². The average Bonchev–Trinajstić information content (AvgIpc) is 3.41. The third-order valence-corrected chi connectivity index (χ3v) is 7.20. The SMILES string of the molecule is C=Cc1c(C)c(N2CCC3NC(=O)NC3C2)nc2c(C3=Cc4ccccc4CCC=C3)cnn12. The lowest BCUT2D eigenvalue weighted by Crippen LogP contribution is -2.51. The zero-order chi connectivity index (χ0) is 23.2. The van der Waals surface area contributed by atoms with Crippen molar-refractivity contribution in [3.8, 4) is 0 Å². The number of hydrogen-bond acceptors (Lipinski definition) is 4. The number of carbonyl (C=O) groups excluding carboxylic acids is 1. The molecule has 2 amide bonds. The molecule has 172 valence electrons. The number of carbonyl (C=O) groups is 1. The summed E-state index contributed by atoms with van der Waals surface area (Å²) in [6.45, 7) is 7.70. The first-order valence-electron chi connectivity index (χ1n) is 11.9. The Morgan fingerprint density at radius 1 is 1.21 bits per heavy atom. The van der Waals surface area contributed by atoms with E-state index in [0.29, 0.717) is 0 Å². The summed E-state index contributed by atoms with van der Waals surface area (Å²) in [4.78, 5) is 19.3. The molecule has 2 saturated heterocycles. The molecule has 2 fully saturated rings. The van der Waals surface area contributed by atoms with Crippen LogP contribution in [0.4, 0.5) is 10.6 Å². The van der Waals surface area contributed by atoms with Gasteiger partial charge in [0.05, 0.1) is 24.0 Å². The fraction of sp³-hybridized carbons (Fsp3) is 0.296. The molecule has 0 spiro atoms. The van der Waals surface area contributed by atoms with E-state index in [2.05, 4.69) is 71.5 Å². The lowest BCUT2D eigenvalue weighted by atomic mass is 9.95. The number of aromatic nitrogens is 3. The summed E-state index contributed by atoms with van der Waals surface area (Å²) < 4.78 is 1.90. The van der Waals surface area contributed by atoms with Crippen LogP contribution in [-0.2, 0) is 6.42 Å². The van der Waals surface area contributed by atoms with Gasteiger partial charge in [-0.15, -0.1) is 0 Å². The summed E-state index contributed by atoms with van der Waals surface area (Å²) in [7, 11) is 0. The first-order chi connectivity index (χ1) is 16.6. The minimum atomic E-state index is -0.0786. The van der Waals surface area contributed by atoms with Crippen LogP contribution in [0.5, 0.6) is 0 Å². The number of aryl methyl sites for hydroxylation is 1. The Labute approximate surface area is 198 Å². The van der Waals surface area contributed by atoms with Crippen LogP contribution in [0.25, 0.3) is 23.4 Å². The Hall–Kier alpha value is -3.87. The molecule has 7 nitrogen and oxygen atoms in total. The lowest BCUT2D eigenvalue weighted by Gasteiger charge is -2.35. The van der Waals surface area contributed by atoms with Gasteiger partial charge in [0.25, 0.3) is 0 Å². The maximum absolute atomic E-state index is 11.8. The van der Waals surface area contributed by atoms with E-state index >= 15 is 0 Å². The second-order valence-corrected chi connectivity index (χ2v) is 9.25. The Bertz CT molecular complexity index is 1370. The molecule has 0 bridgehead atoms. The number of benzene rings is 1. The highest BCUT2D eigenvalue weighted by Gasteiger charge is 2.37. The van der Waals surface area contributed by atoms with E-state index in [0.717, 1.165) is 66.2 Å². The van der Waals surface area contributed by atoms with Gasteiger partial charge < -0.3 is 15.5 Å². The Morgan fingerprint density at radius 3 is 2.94 bits per heavy atom. The van der Waals surface area contributed by atoms with Gasteiger partial charge in [-0.1, -0.05) is 43.0 Å². The van der Waals surface area contributed by atoms with Crippen molar-refractivity contribution in [2.24, 2.45) is 0 Å². The van der Waals surface area contributed by atoms with Crippen molar-refractivity contribution in [2.45, 2.75) is 38.3 Å². The van der Waals surface area contributed by atoms with E-state index in [-0.39, 0.29) is 18.1 Å². The molecule has 2 N–H and O–H groups in total. The largest absolute Gasteiger partial charge is 0.354 e. The van der Waals surface area contributed by atoms with Crippen LogP contribution < -0.4 is 15.5 Å². The predicted molar refractivity (Wildman–Crippen MR) is 136 cm³/mol. The summed E-state index contributed by atoms with van der Waals surface area (Å²) in [5.41, 5.74) is 7.50. The fourth-order valence-electron chi connectivity index (χ4n) is 5.41. The molecule has 7 heteroatoms. The third kappa shape index (κ3) is 3.39. The van der Waals surface area contributed by atoms with E-state index in [1.54, 1.807) is 0 Å². The van der Waals surface area contributed by atoms with Gasteiger partial charge in [0.2, 0.25) is 0 Å².